The molecule has 1 aromatic carbocycles. The normalized spacial score (nSPS) is 12.7. The van der Waals surface area contributed by atoms with Crippen molar-refractivity contribution in [3.05, 3.63) is 29.8 Å². The first-order chi connectivity index (χ1) is 8.73. The Hall–Kier alpha value is -1.89. The lowest BCUT2D eigenvalue weighted by atomic mass is 10.1. The minimum Gasteiger partial charge on any atom is -0.481 e. The Morgan fingerprint density at radius 1 is 1.32 bits per heavy atom. The number of rotatable bonds is 5. The van der Waals surface area contributed by atoms with Gasteiger partial charge in [-0.1, -0.05) is 19.1 Å². The van der Waals surface area contributed by atoms with Crippen LogP contribution in [0.2, 0.25) is 0 Å². The van der Waals surface area contributed by atoms with Gasteiger partial charge in [0, 0.05) is 12.8 Å². The topological polar surface area (TPSA) is 101 Å². The maximum absolute atomic E-state index is 11.9. The number of hydrogen-bond donors (Lipinski definition) is 2. The van der Waals surface area contributed by atoms with Crippen LogP contribution in [0.1, 0.15) is 17.3 Å². The summed E-state index contributed by atoms with van der Waals surface area (Å²) in [5.74, 6) is -2.37. The molecule has 7 heteroatoms. The van der Waals surface area contributed by atoms with Crippen LogP contribution in [0.15, 0.2) is 29.2 Å². The van der Waals surface area contributed by atoms with Gasteiger partial charge in [0.15, 0.2) is 9.84 Å². The zero-order valence-corrected chi connectivity index (χ0v) is 11.4. The number of carbonyl (C=O) groups excluding carboxylic acids is 1. The summed E-state index contributed by atoms with van der Waals surface area (Å²) in [6, 6.07) is 5.79. The maximum atomic E-state index is 11.9. The molecule has 0 spiro atoms. The van der Waals surface area contributed by atoms with Crippen LogP contribution in [0.25, 0.3) is 0 Å². The molecular weight excluding hydrogens is 270 g/mol. The van der Waals surface area contributed by atoms with E-state index in [0.717, 1.165) is 6.26 Å². The third-order valence-corrected chi connectivity index (χ3v) is 3.68. The van der Waals surface area contributed by atoms with Crippen molar-refractivity contribution in [1.29, 1.82) is 0 Å². The van der Waals surface area contributed by atoms with Crippen molar-refractivity contribution in [3.8, 4) is 0 Å². The number of carboxylic acids is 1. The fourth-order valence-corrected chi connectivity index (χ4v) is 2.29. The molecule has 104 valence electrons. The molecule has 1 amide bonds. The maximum Gasteiger partial charge on any atom is 0.308 e. The van der Waals surface area contributed by atoms with Crippen LogP contribution in [0, 0.1) is 5.92 Å². The van der Waals surface area contributed by atoms with Crippen molar-refractivity contribution >= 4 is 21.7 Å². The number of amides is 1. The van der Waals surface area contributed by atoms with Gasteiger partial charge >= 0.3 is 5.97 Å². The summed E-state index contributed by atoms with van der Waals surface area (Å²) in [7, 11) is -3.51. The molecule has 2 N–H and O–H groups in total. The molecule has 0 saturated carbocycles. The summed E-state index contributed by atoms with van der Waals surface area (Å²) in [4.78, 5) is 22.4. The number of benzene rings is 1. The highest BCUT2D eigenvalue weighted by Crippen LogP contribution is 2.15. The predicted octanol–water partition coefficient (Wildman–Crippen LogP) is 0.541. The van der Waals surface area contributed by atoms with Gasteiger partial charge in [-0.05, 0) is 12.1 Å². The molecule has 0 aromatic heterocycles. The molecule has 0 aliphatic rings. The minimum atomic E-state index is -3.51. The number of aliphatic carboxylic acids is 1. The summed E-state index contributed by atoms with van der Waals surface area (Å²) in [5, 5.41) is 11.1. The standard InChI is InChI=1S/C12H15NO5S/c1-8(12(15)16)7-13-11(14)9-5-3-4-6-10(9)19(2,17)18/h3-6,8H,7H2,1-2H3,(H,13,14)(H,15,16). The Morgan fingerprint density at radius 3 is 2.42 bits per heavy atom. The molecular formula is C12H15NO5S. The Bertz CT molecular complexity index is 594. The third kappa shape index (κ3) is 4.06. The van der Waals surface area contributed by atoms with Gasteiger partial charge in [-0.25, -0.2) is 8.42 Å². The molecule has 6 nitrogen and oxygen atoms in total. The van der Waals surface area contributed by atoms with Crippen LogP contribution in [0.5, 0.6) is 0 Å². The van der Waals surface area contributed by atoms with Crippen LogP contribution < -0.4 is 5.32 Å². The van der Waals surface area contributed by atoms with Crippen molar-refractivity contribution < 1.29 is 23.1 Å². The molecule has 0 aliphatic heterocycles. The van der Waals surface area contributed by atoms with Gasteiger partial charge in [0.05, 0.1) is 16.4 Å². The molecule has 0 saturated heterocycles. The van der Waals surface area contributed by atoms with Crippen LogP contribution in [-0.2, 0) is 14.6 Å². The molecule has 0 aliphatic carbocycles. The predicted molar refractivity (Wildman–Crippen MR) is 68.7 cm³/mol. The Balaban J connectivity index is 2.93. The second-order valence-electron chi connectivity index (χ2n) is 4.22. The van der Waals surface area contributed by atoms with Crippen LogP contribution in [-0.4, -0.2) is 38.2 Å². The molecule has 0 bridgehead atoms. The summed E-state index contributed by atoms with van der Waals surface area (Å²) in [5.41, 5.74) is 0.0163. The van der Waals surface area contributed by atoms with E-state index >= 15 is 0 Å². The van der Waals surface area contributed by atoms with Crippen molar-refractivity contribution in [1.82, 2.24) is 5.32 Å². The summed E-state index contributed by atoms with van der Waals surface area (Å²) >= 11 is 0. The number of nitrogens with one attached hydrogen (secondary N) is 1. The van der Waals surface area contributed by atoms with Crippen molar-refractivity contribution in [2.45, 2.75) is 11.8 Å². The highest BCUT2D eigenvalue weighted by molar-refractivity contribution is 7.90. The zero-order valence-electron chi connectivity index (χ0n) is 10.6. The van der Waals surface area contributed by atoms with Gasteiger partial charge in [-0.2, -0.15) is 0 Å². The van der Waals surface area contributed by atoms with E-state index in [1.807, 2.05) is 0 Å². The smallest absolute Gasteiger partial charge is 0.308 e. The van der Waals surface area contributed by atoms with Crippen LogP contribution >= 0.6 is 0 Å². The van der Waals surface area contributed by atoms with Gasteiger partial charge in [-0.15, -0.1) is 0 Å². The van der Waals surface area contributed by atoms with E-state index in [4.69, 9.17) is 5.11 Å². The van der Waals surface area contributed by atoms with Crippen molar-refractivity contribution in [2.24, 2.45) is 5.92 Å². The second-order valence-corrected chi connectivity index (χ2v) is 6.20. The lowest BCUT2D eigenvalue weighted by Crippen LogP contribution is -2.32. The fraction of sp³-hybridized carbons (Fsp3) is 0.333. The van der Waals surface area contributed by atoms with E-state index in [9.17, 15) is 18.0 Å². The molecule has 0 fully saturated rings. The molecule has 0 radical (unpaired) electrons. The van der Waals surface area contributed by atoms with Gasteiger partial charge in [0.2, 0.25) is 0 Å². The molecule has 1 atom stereocenters. The van der Waals surface area contributed by atoms with E-state index in [1.165, 1.54) is 25.1 Å². The third-order valence-electron chi connectivity index (χ3n) is 2.52. The van der Waals surface area contributed by atoms with Crippen LogP contribution in [0.3, 0.4) is 0 Å². The van der Waals surface area contributed by atoms with E-state index < -0.39 is 27.6 Å². The molecule has 19 heavy (non-hydrogen) atoms. The Morgan fingerprint density at radius 2 is 1.89 bits per heavy atom. The monoisotopic (exact) mass is 285 g/mol. The lowest BCUT2D eigenvalue weighted by molar-refractivity contribution is -0.140. The average Bonchev–Trinajstić information content (AvgIpc) is 2.34. The number of sulfone groups is 1. The van der Waals surface area contributed by atoms with Crippen molar-refractivity contribution in [3.63, 3.8) is 0 Å². The minimum absolute atomic E-state index is 0.0163. The molecule has 1 aromatic rings. The molecule has 1 unspecified atom stereocenters. The quantitative estimate of drug-likeness (QED) is 0.822. The summed E-state index contributed by atoms with van der Waals surface area (Å²) in [6.07, 6.45) is 1.01. The van der Waals surface area contributed by atoms with Gasteiger partial charge in [0.1, 0.15) is 0 Å². The van der Waals surface area contributed by atoms with E-state index in [0.29, 0.717) is 0 Å². The first kappa shape index (κ1) is 15.2. The number of carbonyl (C=O) groups is 2. The van der Waals surface area contributed by atoms with E-state index in [2.05, 4.69) is 5.32 Å². The first-order valence-electron chi connectivity index (χ1n) is 5.53. The highest BCUT2D eigenvalue weighted by atomic mass is 32.2. The Labute approximate surface area is 111 Å². The van der Waals surface area contributed by atoms with E-state index in [-0.39, 0.29) is 17.0 Å². The van der Waals surface area contributed by atoms with E-state index in [1.54, 1.807) is 6.07 Å². The van der Waals surface area contributed by atoms with Gasteiger partial charge in [-0.3, -0.25) is 9.59 Å². The second kappa shape index (κ2) is 5.83. The number of carboxylic acid groups (broad SMARTS) is 1. The Kier molecular flexibility index (Phi) is 4.66. The SMILES string of the molecule is CC(CNC(=O)c1ccccc1S(C)(=O)=O)C(=O)O. The fourth-order valence-electron chi connectivity index (χ4n) is 1.41. The zero-order chi connectivity index (χ0) is 14.6. The average molecular weight is 285 g/mol. The molecule has 0 heterocycles. The van der Waals surface area contributed by atoms with Gasteiger partial charge < -0.3 is 10.4 Å². The van der Waals surface area contributed by atoms with Crippen LogP contribution in [0.4, 0.5) is 0 Å². The summed E-state index contributed by atoms with van der Waals surface area (Å²) < 4.78 is 23.1. The largest absolute Gasteiger partial charge is 0.481 e. The molecule has 1 rings (SSSR count). The highest BCUT2D eigenvalue weighted by Gasteiger charge is 2.19. The van der Waals surface area contributed by atoms with Crippen molar-refractivity contribution in [2.75, 3.05) is 12.8 Å². The lowest BCUT2D eigenvalue weighted by Gasteiger charge is -2.10. The first-order valence-corrected chi connectivity index (χ1v) is 7.42. The van der Waals surface area contributed by atoms with Gasteiger partial charge in [0.25, 0.3) is 5.91 Å². The summed E-state index contributed by atoms with van der Waals surface area (Å²) in [6.45, 7) is 1.39. The number of hydrogen-bond acceptors (Lipinski definition) is 4.